The van der Waals surface area contributed by atoms with Crippen LogP contribution in [-0.4, -0.2) is 52.8 Å². The molecular formula is C12H23ClN2O2S. The number of amides is 1. The number of carbonyl (C=O) groups is 1. The van der Waals surface area contributed by atoms with Crippen molar-refractivity contribution in [3.63, 3.8) is 0 Å². The first-order chi connectivity index (χ1) is 7.82. The van der Waals surface area contributed by atoms with Gasteiger partial charge in [-0.05, 0) is 13.8 Å². The predicted molar refractivity (Wildman–Crippen MR) is 68.9 cm³/mol. The van der Waals surface area contributed by atoms with E-state index in [1.807, 2.05) is 16.7 Å². The average molecular weight is 295 g/mol. The summed E-state index contributed by atoms with van der Waals surface area (Å²) in [5.41, 5.74) is 0. The van der Waals surface area contributed by atoms with Gasteiger partial charge in [0.15, 0.2) is 6.04 Å². The number of nitrogens with zero attached hydrogens (tertiary/aromatic N) is 1. The number of rotatable bonds is 1. The molecule has 0 aromatic carbocycles. The lowest BCUT2D eigenvalue weighted by Crippen LogP contribution is -3.00. The summed E-state index contributed by atoms with van der Waals surface area (Å²) < 4.78 is 5.30. The third kappa shape index (κ3) is 3.32. The van der Waals surface area contributed by atoms with Crippen LogP contribution in [0, 0.1) is 0 Å². The Labute approximate surface area is 120 Å². The van der Waals surface area contributed by atoms with Crippen LogP contribution in [0.4, 0.5) is 0 Å². The normalized spacial score (nSPS) is 29.8. The summed E-state index contributed by atoms with van der Waals surface area (Å²) in [6.07, 6.45) is 0. The van der Waals surface area contributed by atoms with E-state index in [9.17, 15) is 4.79 Å². The van der Waals surface area contributed by atoms with E-state index in [0.717, 1.165) is 13.1 Å². The van der Waals surface area contributed by atoms with E-state index in [0.29, 0.717) is 13.2 Å². The summed E-state index contributed by atoms with van der Waals surface area (Å²) >= 11 is 1.89. The monoisotopic (exact) mass is 294 g/mol. The molecule has 2 saturated heterocycles. The third-order valence-corrected chi connectivity index (χ3v) is 4.87. The van der Waals surface area contributed by atoms with E-state index in [-0.39, 0.29) is 34.0 Å². The number of morpholine rings is 1. The zero-order chi connectivity index (χ0) is 12.7. The number of ether oxygens (including phenoxy) is 1. The lowest BCUT2D eigenvalue weighted by molar-refractivity contribution is -0.710. The van der Waals surface area contributed by atoms with Crippen LogP contribution in [0.5, 0.6) is 0 Å². The molecule has 0 radical (unpaired) electrons. The van der Waals surface area contributed by atoms with Gasteiger partial charge in [-0.1, -0.05) is 11.8 Å². The van der Waals surface area contributed by atoms with Gasteiger partial charge in [-0.2, -0.15) is 0 Å². The number of hydrogen-bond donors (Lipinski definition) is 1. The highest BCUT2D eigenvalue weighted by atomic mass is 35.5. The van der Waals surface area contributed by atoms with Crippen LogP contribution in [0.1, 0.15) is 27.7 Å². The average Bonchev–Trinajstić information content (AvgIpc) is 2.47. The van der Waals surface area contributed by atoms with Gasteiger partial charge in [0.05, 0.1) is 18.0 Å². The maximum atomic E-state index is 12.5. The van der Waals surface area contributed by atoms with E-state index in [1.165, 1.54) is 0 Å². The van der Waals surface area contributed by atoms with Crippen molar-refractivity contribution < 1.29 is 27.3 Å². The Morgan fingerprint density at radius 1 is 1.28 bits per heavy atom. The molecule has 1 atom stereocenters. The van der Waals surface area contributed by atoms with Gasteiger partial charge in [-0.25, -0.2) is 0 Å². The predicted octanol–water partition coefficient (Wildman–Crippen LogP) is -2.96. The van der Waals surface area contributed by atoms with E-state index in [4.69, 9.17) is 4.74 Å². The third-order valence-electron chi connectivity index (χ3n) is 3.43. The van der Waals surface area contributed by atoms with Crippen molar-refractivity contribution in [1.29, 1.82) is 0 Å². The molecule has 4 nitrogen and oxygen atoms in total. The van der Waals surface area contributed by atoms with Crippen LogP contribution < -0.4 is 17.7 Å². The van der Waals surface area contributed by atoms with Crippen molar-refractivity contribution in [2.75, 3.05) is 26.3 Å². The number of carbonyl (C=O) groups excluding carboxylic acids is 1. The fraction of sp³-hybridized carbons (Fsp3) is 0.917. The number of halogens is 1. The van der Waals surface area contributed by atoms with E-state index < -0.39 is 0 Å². The largest absolute Gasteiger partial charge is 1.00 e. The standard InChI is InChI=1S/C12H22N2O2S.ClH/c1-11(2)9(13-12(3,4)17-11)10(15)14-5-7-16-8-6-14;/h9,13H,5-8H2,1-4H3;1H. The molecule has 2 N–H and O–H groups in total. The molecule has 0 aromatic rings. The number of quaternary nitrogens is 1. The van der Waals surface area contributed by atoms with Crippen LogP contribution in [-0.2, 0) is 9.53 Å². The quantitative estimate of drug-likeness (QED) is 0.562. The molecule has 18 heavy (non-hydrogen) atoms. The molecule has 2 aliphatic heterocycles. The summed E-state index contributed by atoms with van der Waals surface area (Å²) in [7, 11) is 0. The number of thioether (sulfide) groups is 1. The first kappa shape index (κ1) is 16.1. The Morgan fingerprint density at radius 3 is 2.28 bits per heavy atom. The number of nitrogens with two attached hydrogens (primary N) is 1. The molecule has 106 valence electrons. The molecule has 0 spiro atoms. The Balaban J connectivity index is 0.00000162. The van der Waals surface area contributed by atoms with E-state index in [1.54, 1.807) is 0 Å². The van der Waals surface area contributed by atoms with Gasteiger partial charge < -0.3 is 27.4 Å². The Kier molecular flexibility index (Phi) is 4.98. The second-order valence-corrected chi connectivity index (χ2v) is 8.20. The van der Waals surface area contributed by atoms with Crippen molar-refractivity contribution in [2.45, 2.75) is 43.4 Å². The molecule has 0 bridgehead atoms. The van der Waals surface area contributed by atoms with Gasteiger partial charge in [0.25, 0.3) is 5.91 Å². The fourth-order valence-corrected chi connectivity index (χ4v) is 4.58. The molecule has 0 aromatic heterocycles. The first-order valence-electron chi connectivity index (χ1n) is 6.25. The molecular weight excluding hydrogens is 272 g/mol. The second-order valence-electron chi connectivity index (χ2n) is 5.89. The van der Waals surface area contributed by atoms with Gasteiger partial charge in [0.2, 0.25) is 0 Å². The smallest absolute Gasteiger partial charge is 0.282 e. The topological polar surface area (TPSA) is 46.2 Å². The van der Waals surface area contributed by atoms with Crippen LogP contribution >= 0.6 is 11.8 Å². The second kappa shape index (κ2) is 5.57. The summed E-state index contributed by atoms with van der Waals surface area (Å²) in [4.78, 5) is 14.6. The molecule has 0 aliphatic carbocycles. The fourth-order valence-electron chi connectivity index (χ4n) is 2.73. The van der Waals surface area contributed by atoms with E-state index >= 15 is 0 Å². The van der Waals surface area contributed by atoms with Gasteiger partial charge in [-0.15, -0.1) is 0 Å². The molecule has 2 rings (SSSR count). The minimum absolute atomic E-state index is 0. The van der Waals surface area contributed by atoms with Gasteiger partial charge in [0, 0.05) is 26.9 Å². The van der Waals surface area contributed by atoms with Crippen LogP contribution in [0.2, 0.25) is 0 Å². The van der Waals surface area contributed by atoms with Crippen molar-refractivity contribution in [3.05, 3.63) is 0 Å². The molecule has 1 amide bonds. The molecule has 6 heteroatoms. The van der Waals surface area contributed by atoms with Crippen molar-refractivity contribution in [1.82, 2.24) is 4.90 Å². The molecule has 2 heterocycles. The lowest BCUT2D eigenvalue weighted by Gasteiger charge is -2.31. The van der Waals surface area contributed by atoms with E-state index in [2.05, 4.69) is 33.0 Å². The first-order valence-corrected chi connectivity index (χ1v) is 7.06. The maximum Gasteiger partial charge on any atom is 0.282 e. The van der Waals surface area contributed by atoms with Gasteiger partial charge in [-0.3, -0.25) is 4.79 Å². The van der Waals surface area contributed by atoms with Crippen molar-refractivity contribution in [3.8, 4) is 0 Å². The summed E-state index contributed by atoms with van der Waals surface area (Å²) in [6, 6.07) is 0.0283. The zero-order valence-corrected chi connectivity index (χ0v) is 13.1. The maximum absolute atomic E-state index is 12.5. The number of hydrogen-bond acceptors (Lipinski definition) is 3. The van der Waals surface area contributed by atoms with Gasteiger partial charge in [0.1, 0.15) is 4.87 Å². The highest BCUT2D eigenvalue weighted by molar-refractivity contribution is 8.01. The summed E-state index contributed by atoms with van der Waals surface area (Å²) in [5.74, 6) is 0.274. The minimum atomic E-state index is -0.00110. The minimum Gasteiger partial charge on any atom is -1.00 e. The molecule has 0 saturated carbocycles. The SMILES string of the molecule is CC1(C)[NH2+]C(C(=O)N2CCOCC2)C(C)(C)S1.[Cl-]. The molecule has 1 unspecified atom stereocenters. The van der Waals surface area contributed by atoms with Crippen LogP contribution in [0.3, 0.4) is 0 Å². The molecule has 2 aliphatic rings. The summed E-state index contributed by atoms with van der Waals surface area (Å²) in [6.45, 7) is 11.6. The Hall–Kier alpha value is 0.0300. The zero-order valence-electron chi connectivity index (χ0n) is 11.5. The van der Waals surface area contributed by atoms with Crippen molar-refractivity contribution in [2.24, 2.45) is 0 Å². The highest BCUT2D eigenvalue weighted by Crippen LogP contribution is 2.39. The molecule has 2 fully saturated rings. The van der Waals surface area contributed by atoms with Gasteiger partial charge >= 0.3 is 0 Å². The van der Waals surface area contributed by atoms with Crippen LogP contribution in [0.15, 0.2) is 0 Å². The Bertz CT molecular complexity index is 317. The summed E-state index contributed by atoms with van der Waals surface area (Å²) in [5, 5.41) is 2.22. The Morgan fingerprint density at radius 2 is 1.83 bits per heavy atom. The van der Waals surface area contributed by atoms with Crippen molar-refractivity contribution >= 4 is 17.7 Å². The lowest BCUT2D eigenvalue weighted by atomic mass is 10.0. The van der Waals surface area contributed by atoms with Crippen LogP contribution in [0.25, 0.3) is 0 Å². The highest BCUT2D eigenvalue weighted by Gasteiger charge is 2.54.